The molecule has 0 spiro atoms. The van der Waals surface area contributed by atoms with Gasteiger partial charge in [-0.1, -0.05) is 5.21 Å². The van der Waals surface area contributed by atoms with E-state index in [4.69, 9.17) is 4.74 Å². The summed E-state index contributed by atoms with van der Waals surface area (Å²) >= 11 is 1.59. The molecule has 124 valence electrons. The van der Waals surface area contributed by atoms with Crippen molar-refractivity contribution in [3.63, 3.8) is 0 Å². The van der Waals surface area contributed by atoms with E-state index in [2.05, 4.69) is 20.9 Å². The number of urea groups is 1. The first-order chi connectivity index (χ1) is 11.7. The predicted octanol–water partition coefficient (Wildman–Crippen LogP) is 3.05. The Bertz CT molecular complexity index is 783. The molecule has 0 unspecified atom stereocenters. The maximum absolute atomic E-state index is 11.9. The van der Waals surface area contributed by atoms with Crippen LogP contribution in [0.3, 0.4) is 0 Å². The second-order valence-corrected chi connectivity index (χ2v) is 5.68. The molecule has 0 radical (unpaired) electrons. The fourth-order valence-electron chi connectivity index (χ4n) is 2.04. The lowest BCUT2D eigenvalue weighted by Gasteiger charge is -2.07. The molecule has 8 heteroatoms. The maximum Gasteiger partial charge on any atom is 0.319 e. The average molecular weight is 343 g/mol. The van der Waals surface area contributed by atoms with Gasteiger partial charge in [0.2, 0.25) is 0 Å². The van der Waals surface area contributed by atoms with E-state index in [1.165, 1.54) is 0 Å². The molecule has 3 rings (SSSR count). The highest BCUT2D eigenvalue weighted by Crippen LogP contribution is 2.15. The van der Waals surface area contributed by atoms with Crippen molar-refractivity contribution in [1.29, 1.82) is 0 Å². The van der Waals surface area contributed by atoms with Crippen LogP contribution in [0.1, 0.15) is 12.6 Å². The molecule has 7 nitrogen and oxygen atoms in total. The van der Waals surface area contributed by atoms with Gasteiger partial charge in [-0.05, 0) is 42.6 Å². The summed E-state index contributed by atoms with van der Waals surface area (Å²) in [6.45, 7) is 2.83. The molecular weight excluding hydrogens is 326 g/mol. The SMILES string of the molecule is CCOc1ccc(NC(=O)NCc2cn(-c3ccsc3)nn2)cc1. The van der Waals surface area contributed by atoms with Crippen molar-refractivity contribution in [3.05, 3.63) is 53.0 Å². The lowest BCUT2D eigenvalue weighted by molar-refractivity contribution is 0.251. The average Bonchev–Trinajstić information content (AvgIpc) is 3.26. The van der Waals surface area contributed by atoms with Gasteiger partial charge in [0, 0.05) is 11.1 Å². The zero-order chi connectivity index (χ0) is 16.8. The molecular formula is C16H17N5O2S. The topological polar surface area (TPSA) is 81.1 Å². The molecule has 0 saturated carbocycles. The third-order valence-corrected chi connectivity index (χ3v) is 3.84. The quantitative estimate of drug-likeness (QED) is 0.721. The lowest BCUT2D eigenvalue weighted by atomic mass is 10.3. The second-order valence-electron chi connectivity index (χ2n) is 4.90. The van der Waals surface area contributed by atoms with Crippen molar-refractivity contribution in [2.75, 3.05) is 11.9 Å². The largest absolute Gasteiger partial charge is 0.494 e. The summed E-state index contributed by atoms with van der Waals surface area (Å²) in [6, 6.07) is 8.85. The molecule has 0 aliphatic heterocycles. The highest BCUT2D eigenvalue weighted by atomic mass is 32.1. The van der Waals surface area contributed by atoms with Gasteiger partial charge in [-0.15, -0.1) is 5.10 Å². The van der Waals surface area contributed by atoms with Crippen LogP contribution < -0.4 is 15.4 Å². The number of nitrogens with zero attached hydrogens (tertiary/aromatic N) is 3. The van der Waals surface area contributed by atoms with Crippen LogP contribution in [0.25, 0.3) is 5.69 Å². The molecule has 24 heavy (non-hydrogen) atoms. The van der Waals surface area contributed by atoms with Crippen molar-refractivity contribution in [2.45, 2.75) is 13.5 Å². The minimum absolute atomic E-state index is 0.299. The van der Waals surface area contributed by atoms with Crippen molar-refractivity contribution >= 4 is 23.1 Å². The van der Waals surface area contributed by atoms with Gasteiger partial charge in [0.15, 0.2) is 0 Å². The maximum atomic E-state index is 11.9. The fraction of sp³-hybridized carbons (Fsp3) is 0.188. The van der Waals surface area contributed by atoms with Gasteiger partial charge in [0.25, 0.3) is 0 Å². The number of ether oxygens (including phenoxy) is 1. The predicted molar refractivity (Wildman–Crippen MR) is 92.7 cm³/mol. The standard InChI is InChI=1S/C16H17N5O2S/c1-2-23-15-5-3-12(4-6-15)18-16(22)17-9-13-10-21(20-19-13)14-7-8-24-11-14/h3-8,10-11H,2,9H2,1H3,(H2,17,18,22). The number of hydrogen-bond donors (Lipinski definition) is 2. The first-order valence-electron chi connectivity index (χ1n) is 7.46. The van der Waals surface area contributed by atoms with Crippen molar-refractivity contribution in [2.24, 2.45) is 0 Å². The van der Waals surface area contributed by atoms with Gasteiger partial charge in [0.1, 0.15) is 11.4 Å². The zero-order valence-corrected chi connectivity index (χ0v) is 13.9. The Morgan fingerprint density at radius 1 is 1.29 bits per heavy atom. The number of amides is 2. The summed E-state index contributed by atoms with van der Waals surface area (Å²) in [5, 5.41) is 17.5. The van der Waals surface area contributed by atoms with Crippen LogP contribution in [-0.4, -0.2) is 27.6 Å². The molecule has 0 aliphatic carbocycles. The number of benzene rings is 1. The fourth-order valence-corrected chi connectivity index (χ4v) is 2.66. The molecule has 2 heterocycles. The number of carbonyl (C=O) groups excluding carboxylic acids is 1. The Hall–Kier alpha value is -2.87. The highest BCUT2D eigenvalue weighted by molar-refractivity contribution is 7.08. The van der Waals surface area contributed by atoms with Gasteiger partial charge >= 0.3 is 6.03 Å². The lowest BCUT2D eigenvalue weighted by Crippen LogP contribution is -2.28. The molecule has 0 aliphatic rings. The first kappa shape index (κ1) is 16.0. The molecule has 2 amide bonds. The van der Waals surface area contributed by atoms with Gasteiger partial charge in [-0.25, -0.2) is 9.48 Å². The highest BCUT2D eigenvalue weighted by Gasteiger charge is 2.06. The Morgan fingerprint density at radius 3 is 2.83 bits per heavy atom. The van der Waals surface area contributed by atoms with E-state index in [0.717, 1.165) is 11.4 Å². The number of nitrogens with one attached hydrogen (secondary N) is 2. The second kappa shape index (κ2) is 7.60. The van der Waals surface area contributed by atoms with E-state index in [0.29, 0.717) is 24.5 Å². The Morgan fingerprint density at radius 2 is 2.12 bits per heavy atom. The molecule has 0 saturated heterocycles. The Kier molecular flexibility index (Phi) is 5.07. The van der Waals surface area contributed by atoms with Crippen LogP contribution in [-0.2, 0) is 6.54 Å². The number of anilines is 1. The third kappa shape index (κ3) is 4.11. The summed E-state index contributed by atoms with van der Waals surface area (Å²) < 4.78 is 7.04. The van der Waals surface area contributed by atoms with Gasteiger partial charge in [0.05, 0.1) is 25.0 Å². The summed E-state index contributed by atoms with van der Waals surface area (Å²) in [5.74, 6) is 0.772. The third-order valence-electron chi connectivity index (χ3n) is 3.16. The normalized spacial score (nSPS) is 10.4. The zero-order valence-electron chi connectivity index (χ0n) is 13.1. The van der Waals surface area contributed by atoms with Crippen LogP contribution in [0.4, 0.5) is 10.5 Å². The van der Waals surface area contributed by atoms with Crippen LogP contribution in [0.2, 0.25) is 0 Å². The summed E-state index contributed by atoms with van der Waals surface area (Å²) in [4.78, 5) is 11.9. The first-order valence-corrected chi connectivity index (χ1v) is 8.40. The van der Waals surface area contributed by atoms with E-state index < -0.39 is 0 Å². The van der Waals surface area contributed by atoms with E-state index in [1.54, 1.807) is 34.3 Å². The molecule has 1 aromatic carbocycles. The Balaban J connectivity index is 1.50. The van der Waals surface area contributed by atoms with Gasteiger partial charge in [-0.3, -0.25) is 0 Å². The molecule has 0 fully saturated rings. The van der Waals surface area contributed by atoms with Crippen LogP contribution >= 0.6 is 11.3 Å². The van der Waals surface area contributed by atoms with Crippen molar-refractivity contribution in [3.8, 4) is 11.4 Å². The number of aromatic nitrogens is 3. The van der Waals surface area contributed by atoms with Crippen molar-refractivity contribution < 1.29 is 9.53 Å². The van der Waals surface area contributed by atoms with E-state index >= 15 is 0 Å². The molecule has 0 bridgehead atoms. The summed E-state index contributed by atoms with van der Waals surface area (Å²) in [5.41, 5.74) is 2.33. The number of thiophene rings is 1. The van der Waals surface area contributed by atoms with Gasteiger partial charge < -0.3 is 15.4 Å². The smallest absolute Gasteiger partial charge is 0.319 e. The van der Waals surface area contributed by atoms with Crippen LogP contribution in [0, 0.1) is 0 Å². The number of rotatable bonds is 6. The Labute approximate surface area is 143 Å². The summed E-state index contributed by atoms with van der Waals surface area (Å²) in [6.07, 6.45) is 1.79. The summed E-state index contributed by atoms with van der Waals surface area (Å²) in [7, 11) is 0. The number of hydrogen-bond acceptors (Lipinski definition) is 5. The number of carbonyl (C=O) groups is 1. The minimum Gasteiger partial charge on any atom is -0.494 e. The van der Waals surface area contributed by atoms with Crippen molar-refractivity contribution in [1.82, 2.24) is 20.3 Å². The van der Waals surface area contributed by atoms with E-state index in [9.17, 15) is 4.79 Å². The van der Waals surface area contributed by atoms with Crippen LogP contribution in [0.5, 0.6) is 5.75 Å². The van der Waals surface area contributed by atoms with E-state index in [1.807, 2.05) is 35.9 Å². The van der Waals surface area contributed by atoms with E-state index in [-0.39, 0.29) is 6.03 Å². The molecule has 2 N–H and O–H groups in total. The molecule has 2 aromatic heterocycles. The monoisotopic (exact) mass is 343 g/mol. The minimum atomic E-state index is -0.302. The molecule has 0 atom stereocenters. The van der Waals surface area contributed by atoms with Crippen LogP contribution in [0.15, 0.2) is 47.3 Å². The molecule has 3 aromatic rings. The van der Waals surface area contributed by atoms with Gasteiger partial charge in [-0.2, -0.15) is 11.3 Å².